The van der Waals surface area contributed by atoms with Gasteiger partial charge in [-0.2, -0.15) is 0 Å². The molecule has 0 atom stereocenters. The highest BCUT2D eigenvalue weighted by Gasteiger charge is 2.41. The van der Waals surface area contributed by atoms with Gasteiger partial charge in [0, 0.05) is 18.2 Å². The second kappa shape index (κ2) is 5.88. The third kappa shape index (κ3) is 2.87. The van der Waals surface area contributed by atoms with E-state index in [0.29, 0.717) is 6.54 Å². The van der Waals surface area contributed by atoms with Crippen molar-refractivity contribution in [2.24, 2.45) is 5.41 Å². The predicted octanol–water partition coefficient (Wildman–Crippen LogP) is 2.91. The second-order valence-corrected chi connectivity index (χ2v) is 5.78. The van der Waals surface area contributed by atoms with Gasteiger partial charge in [-0.05, 0) is 37.2 Å². The van der Waals surface area contributed by atoms with Gasteiger partial charge in [0.15, 0.2) is 5.69 Å². The third-order valence-electron chi connectivity index (χ3n) is 4.54. The van der Waals surface area contributed by atoms with E-state index in [2.05, 4.69) is 5.32 Å². The molecule has 0 aliphatic heterocycles. The Balaban J connectivity index is 2.50. The molecule has 1 fully saturated rings. The molecule has 0 radical (unpaired) electrons. The lowest BCUT2D eigenvalue weighted by Crippen LogP contribution is -2.17. The first kappa shape index (κ1) is 16.2. The van der Waals surface area contributed by atoms with Crippen LogP contribution in [0.4, 0.5) is 17.1 Å². The van der Waals surface area contributed by atoms with Crippen LogP contribution in [-0.2, 0) is 6.61 Å². The van der Waals surface area contributed by atoms with Gasteiger partial charge in [0.25, 0.3) is 5.69 Å². The quantitative estimate of drug-likeness (QED) is 0.590. The number of benzene rings is 1. The highest BCUT2D eigenvalue weighted by Crippen LogP contribution is 2.49. The molecule has 0 amide bonds. The van der Waals surface area contributed by atoms with Gasteiger partial charge in [-0.15, -0.1) is 0 Å². The van der Waals surface area contributed by atoms with E-state index in [9.17, 15) is 25.3 Å². The van der Waals surface area contributed by atoms with Gasteiger partial charge in [-0.25, -0.2) is 0 Å². The summed E-state index contributed by atoms with van der Waals surface area (Å²) < 4.78 is 0. The third-order valence-corrected chi connectivity index (χ3v) is 4.54. The van der Waals surface area contributed by atoms with E-state index >= 15 is 0 Å². The van der Waals surface area contributed by atoms with E-state index < -0.39 is 16.5 Å². The Bertz CT molecular complexity index is 625. The summed E-state index contributed by atoms with van der Waals surface area (Å²) in [6, 6.07) is 1.20. The molecular formula is C14H19N3O5. The Kier molecular flexibility index (Phi) is 4.32. The number of nitrogens with one attached hydrogen (secondary N) is 1. The van der Waals surface area contributed by atoms with E-state index in [1.807, 2.05) is 6.92 Å². The molecule has 1 saturated carbocycles. The lowest BCUT2D eigenvalue weighted by Gasteiger charge is -2.16. The zero-order chi connectivity index (χ0) is 16.5. The van der Waals surface area contributed by atoms with Crippen LogP contribution in [0.1, 0.15) is 37.3 Å². The van der Waals surface area contributed by atoms with Crippen LogP contribution >= 0.6 is 0 Å². The van der Waals surface area contributed by atoms with Crippen molar-refractivity contribution in [3.05, 3.63) is 37.4 Å². The number of rotatable bonds is 7. The van der Waals surface area contributed by atoms with Crippen LogP contribution < -0.4 is 5.32 Å². The topological polar surface area (TPSA) is 119 Å². The maximum Gasteiger partial charge on any atom is 0.302 e. The van der Waals surface area contributed by atoms with E-state index in [0.717, 1.165) is 19.3 Å². The average molecular weight is 309 g/mol. The first-order valence-corrected chi connectivity index (χ1v) is 7.15. The van der Waals surface area contributed by atoms with Gasteiger partial charge >= 0.3 is 5.69 Å². The molecule has 0 spiro atoms. The highest BCUT2D eigenvalue weighted by molar-refractivity contribution is 5.77. The number of hydrogen-bond donors (Lipinski definition) is 2. The molecule has 1 aromatic rings. The van der Waals surface area contributed by atoms with Crippen LogP contribution in [0.25, 0.3) is 0 Å². The van der Waals surface area contributed by atoms with Crippen LogP contribution in [0.5, 0.6) is 0 Å². The van der Waals surface area contributed by atoms with Crippen molar-refractivity contribution in [3.8, 4) is 0 Å². The molecule has 22 heavy (non-hydrogen) atoms. The van der Waals surface area contributed by atoms with Crippen LogP contribution in [0.15, 0.2) is 6.07 Å². The summed E-state index contributed by atoms with van der Waals surface area (Å²) in [5, 5.41) is 34.8. The largest absolute Gasteiger partial charge is 0.392 e. The van der Waals surface area contributed by atoms with Gasteiger partial charge in [0.1, 0.15) is 0 Å². The predicted molar refractivity (Wildman–Crippen MR) is 80.9 cm³/mol. The van der Waals surface area contributed by atoms with Crippen molar-refractivity contribution in [1.82, 2.24) is 0 Å². The zero-order valence-electron chi connectivity index (χ0n) is 12.6. The SMILES string of the molecule is CCC1(CNc2c([N+](=O)[O-])cc(CO)c(C)c2[N+](=O)[O-])CC1. The molecule has 8 nitrogen and oxygen atoms in total. The summed E-state index contributed by atoms with van der Waals surface area (Å²) in [5.41, 5.74) is -0.226. The highest BCUT2D eigenvalue weighted by atomic mass is 16.6. The minimum atomic E-state index is -0.653. The minimum absolute atomic E-state index is 0.0653. The summed E-state index contributed by atoms with van der Waals surface area (Å²) in [5.74, 6) is 0. The fourth-order valence-corrected chi connectivity index (χ4v) is 2.63. The van der Waals surface area contributed by atoms with Crippen molar-refractivity contribution < 1.29 is 15.0 Å². The molecule has 120 valence electrons. The summed E-state index contributed by atoms with van der Waals surface area (Å²) in [4.78, 5) is 21.3. The maximum atomic E-state index is 11.4. The zero-order valence-corrected chi connectivity index (χ0v) is 12.6. The number of nitro groups is 2. The van der Waals surface area contributed by atoms with Gasteiger partial charge in [-0.1, -0.05) is 6.92 Å². The van der Waals surface area contributed by atoms with Crippen molar-refractivity contribution >= 4 is 17.1 Å². The summed E-state index contributed by atoms with van der Waals surface area (Å²) in [6.07, 6.45) is 2.97. The Labute approximate surface area is 127 Å². The van der Waals surface area contributed by atoms with Crippen molar-refractivity contribution in [1.29, 1.82) is 0 Å². The molecule has 2 rings (SSSR count). The molecule has 0 saturated heterocycles. The number of nitro benzene ring substituents is 2. The number of anilines is 1. The van der Waals surface area contributed by atoms with Gasteiger partial charge < -0.3 is 10.4 Å². The van der Waals surface area contributed by atoms with E-state index in [-0.39, 0.29) is 33.6 Å². The molecule has 2 N–H and O–H groups in total. The molecule has 1 aliphatic rings. The Morgan fingerprint density at radius 3 is 2.36 bits per heavy atom. The Hall–Kier alpha value is -2.22. The van der Waals surface area contributed by atoms with E-state index in [1.54, 1.807) is 0 Å². The first-order chi connectivity index (χ1) is 10.3. The van der Waals surface area contributed by atoms with Gasteiger partial charge in [0.2, 0.25) is 0 Å². The number of aliphatic hydroxyl groups is 1. The first-order valence-electron chi connectivity index (χ1n) is 7.15. The summed E-state index contributed by atoms with van der Waals surface area (Å²) >= 11 is 0. The standard InChI is InChI=1S/C14H19N3O5/c1-3-14(4-5-14)8-15-12-11(16(19)20)6-10(7-18)9(2)13(12)17(21)22/h6,15,18H,3-5,7-8H2,1-2H3. The Morgan fingerprint density at radius 1 is 1.32 bits per heavy atom. The lowest BCUT2D eigenvalue weighted by atomic mass is 10.0. The van der Waals surface area contributed by atoms with Crippen molar-refractivity contribution in [3.63, 3.8) is 0 Å². The molecule has 0 heterocycles. The van der Waals surface area contributed by atoms with Crippen molar-refractivity contribution in [2.75, 3.05) is 11.9 Å². The van der Waals surface area contributed by atoms with Crippen LogP contribution in [0.3, 0.4) is 0 Å². The molecule has 0 unspecified atom stereocenters. The fourth-order valence-electron chi connectivity index (χ4n) is 2.63. The van der Waals surface area contributed by atoms with Gasteiger partial charge in [-0.3, -0.25) is 20.2 Å². The van der Waals surface area contributed by atoms with E-state index in [1.165, 1.54) is 13.0 Å². The van der Waals surface area contributed by atoms with E-state index in [4.69, 9.17) is 0 Å². The van der Waals surface area contributed by atoms with Crippen molar-refractivity contribution in [2.45, 2.75) is 39.7 Å². The number of aliphatic hydroxyl groups excluding tert-OH is 1. The maximum absolute atomic E-state index is 11.4. The average Bonchev–Trinajstić information content (AvgIpc) is 3.24. The Morgan fingerprint density at radius 2 is 1.95 bits per heavy atom. The monoisotopic (exact) mass is 309 g/mol. The molecule has 1 aliphatic carbocycles. The second-order valence-electron chi connectivity index (χ2n) is 5.78. The molecule has 1 aromatic carbocycles. The fraction of sp³-hybridized carbons (Fsp3) is 0.571. The smallest absolute Gasteiger partial charge is 0.302 e. The normalized spacial score (nSPS) is 15.4. The molecular weight excluding hydrogens is 290 g/mol. The van der Waals surface area contributed by atoms with Crippen LogP contribution in [0, 0.1) is 32.6 Å². The number of nitrogens with zero attached hydrogens (tertiary/aromatic N) is 2. The minimum Gasteiger partial charge on any atom is -0.392 e. The molecule has 8 heteroatoms. The van der Waals surface area contributed by atoms with Crippen LogP contribution in [-0.4, -0.2) is 21.5 Å². The summed E-state index contributed by atoms with van der Waals surface area (Å²) in [6.45, 7) is 3.53. The molecule has 0 bridgehead atoms. The van der Waals surface area contributed by atoms with Gasteiger partial charge in [0.05, 0.1) is 16.5 Å². The molecule has 0 aromatic heterocycles. The lowest BCUT2D eigenvalue weighted by molar-refractivity contribution is -0.392. The number of hydrogen-bond acceptors (Lipinski definition) is 6. The van der Waals surface area contributed by atoms with Crippen LogP contribution in [0.2, 0.25) is 0 Å². The summed E-state index contributed by atoms with van der Waals surface area (Å²) in [7, 11) is 0.